The van der Waals surface area contributed by atoms with Crippen LogP contribution in [0.15, 0.2) is 0 Å². The lowest BCUT2D eigenvalue weighted by Gasteiger charge is -2.10. The van der Waals surface area contributed by atoms with Gasteiger partial charge in [0, 0.05) is 12.0 Å². The molecule has 0 radical (unpaired) electrons. The molecule has 106 valence electrons. The van der Waals surface area contributed by atoms with Crippen LogP contribution in [0.3, 0.4) is 0 Å². The molecule has 0 N–H and O–H groups in total. The summed E-state index contributed by atoms with van der Waals surface area (Å²) < 4.78 is 57.4. The predicted octanol–water partition coefficient (Wildman–Crippen LogP) is 3.89. The number of hydrogen-bond acceptors (Lipinski definition) is 2. The quantitative estimate of drug-likeness (QED) is 0.274. The van der Waals surface area contributed by atoms with Crippen molar-refractivity contribution in [2.45, 2.75) is 33.6 Å². The maximum Gasteiger partial charge on any atom is 0.311 e. The van der Waals surface area contributed by atoms with Crippen LogP contribution in [0.2, 0.25) is 0 Å². The second-order valence-electron chi connectivity index (χ2n) is 4.62. The van der Waals surface area contributed by atoms with Crippen molar-refractivity contribution in [1.29, 1.82) is 0 Å². The summed E-state index contributed by atoms with van der Waals surface area (Å²) in [6.45, 7) is 4.64. The number of esters is 1. The minimum atomic E-state index is -1.86. The highest BCUT2D eigenvalue weighted by Crippen LogP contribution is 2.30. The van der Waals surface area contributed by atoms with E-state index in [-0.39, 0.29) is 12.3 Å². The molecule has 0 aromatic heterocycles. The average Bonchev–Trinajstić information content (AvgIpc) is 2.36. The molecular weight excluding hydrogens is 264 g/mol. The molecule has 6 heteroatoms. The zero-order valence-electron chi connectivity index (χ0n) is 10.8. The van der Waals surface area contributed by atoms with E-state index in [1.807, 2.05) is 13.8 Å². The van der Waals surface area contributed by atoms with Gasteiger partial charge in [-0.3, -0.25) is 4.79 Å². The van der Waals surface area contributed by atoms with Gasteiger partial charge in [-0.25, -0.2) is 13.2 Å². The van der Waals surface area contributed by atoms with Gasteiger partial charge in [0.1, 0.15) is 0 Å². The monoisotopic (exact) mass is 278 g/mol. The largest absolute Gasteiger partial charge is 0.420 e. The number of hydrogen-bond donors (Lipinski definition) is 0. The van der Waals surface area contributed by atoms with Crippen molar-refractivity contribution in [3.63, 3.8) is 0 Å². The molecule has 0 spiro atoms. The molecule has 0 amide bonds. The molecule has 1 aromatic carbocycles. The molecular formula is C13H14F4O2. The first kappa shape index (κ1) is 15.5. The van der Waals surface area contributed by atoms with E-state index >= 15 is 0 Å². The summed E-state index contributed by atoms with van der Waals surface area (Å²) in [5.41, 5.74) is -0.731. The Kier molecular flexibility index (Phi) is 4.91. The van der Waals surface area contributed by atoms with Gasteiger partial charge in [0.05, 0.1) is 0 Å². The van der Waals surface area contributed by atoms with Crippen LogP contribution in [0.4, 0.5) is 17.6 Å². The van der Waals surface area contributed by atoms with Crippen LogP contribution < -0.4 is 4.74 Å². The average molecular weight is 278 g/mol. The van der Waals surface area contributed by atoms with Crippen LogP contribution in [0.5, 0.6) is 5.75 Å². The molecule has 0 unspecified atom stereocenters. The molecule has 19 heavy (non-hydrogen) atoms. The Hall–Kier alpha value is -1.59. The van der Waals surface area contributed by atoms with Crippen LogP contribution in [-0.4, -0.2) is 5.97 Å². The Labute approximate surface area is 108 Å². The van der Waals surface area contributed by atoms with Gasteiger partial charge in [-0.05, 0) is 19.3 Å². The Morgan fingerprint density at radius 3 is 2.16 bits per heavy atom. The second kappa shape index (κ2) is 6.04. The van der Waals surface area contributed by atoms with Gasteiger partial charge in [-0.2, -0.15) is 4.39 Å². The third kappa shape index (κ3) is 3.45. The van der Waals surface area contributed by atoms with Crippen molar-refractivity contribution in [1.82, 2.24) is 0 Å². The zero-order valence-corrected chi connectivity index (χ0v) is 10.8. The van der Waals surface area contributed by atoms with Gasteiger partial charge in [-0.1, -0.05) is 13.8 Å². The molecule has 0 aliphatic rings. The van der Waals surface area contributed by atoms with E-state index in [2.05, 4.69) is 4.74 Å². The minimum absolute atomic E-state index is 0.0609. The topological polar surface area (TPSA) is 26.3 Å². The number of benzene rings is 1. The first-order valence-electron chi connectivity index (χ1n) is 5.78. The molecule has 1 rings (SSSR count). The third-order valence-electron chi connectivity index (χ3n) is 2.58. The molecule has 0 aliphatic carbocycles. The lowest BCUT2D eigenvalue weighted by atomic mass is 10.1. The zero-order chi connectivity index (χ0) is 14.7. The van der Waals surface area contributed by atoms with Crippen LogP contribution >= 0.6 is 0 Å². The molecule has 1 aromatic rings. The van der Waals surface area contributed by atoms with Crippen LogP contribution in [0.25, 0.3) is 0 Å². The molecule has 2 nitrogen and oxygen atoms in total. The Balaban J connectivity index is 2.99. The Bertz CT molecular complexity index is 469. The first-order chi connectivity index (χ1) is 8.75. The van der Waals surface area contributed by atoms with E-state index in [1.54, 1.807) is 0 Å². The summed E-state index contributed by atoms with van der Waals surface area (Å²) >= 11 is 0. The van der Waals surface area contributed by atoms with Crippen LogP contribution in [0, 0.1) is 36.1 Å². The number of halogens is 4. The number of ether oxygens (including phenoxy) is 1. The van der Waals surface area contributed by atoms with Crippen molar-refractivity contribution in [3.05, 3.63) is 28.8 Å². The molecule has 0 aliphatic heterocycles. The fraction of sp³-hybridized carbons (Fsp3) is 0.462. The summed E-state index contributed by atoms with van der Waals surface area (Å²) in [7, 11) is 0. The Morgan fingerprint density at radius 2 is 1.63 bits per heavy atom. The lowest BCUT2D eigenvalue weighted by molar-refractivity contribution is -0.135. The molecule has 0 saturated heterocycles. The standard InChI is InChI=1S/C13H14F4O2/c1-6(2)4-5-8(18)19-13-10(15)7(3)9(14)11(16)12(13)17/h6H,4-5H2,1-3H3. The van der Waals surface area contributed by atoms with Crippen molar-refractivity contribution in [3.8, 4) is 5.75 Å². The smallest absolute Gasteiger partial charge is 0.311 e. The highest BCUT2D eigenvalue weighted by Gasteiger charge is 2.26. The fourth-order valence-corrected chi connectivity index (χ4v) is 1.38. The van der Waals surface area contributed by atoms with E-state index in [4.69, 9.17) is 0 Å². The Morgan fingerprint density at radius 1 is 1.05 bits per heavy atom. The maximum absolute atomic E-state index is 13.5. The van der Waals surface area contributed by atoms with E-state index in [1.165, 1.54) is 0 Å². The summed E-state index contributed by atoms with van der Waals surface area (Å²) in [5.74, 6) is -8.61. The fourth-order valence-electron chi connectivity index (χ4n) is 1.38. The van der Waals surface area contributed by atoms with Crippen molar-refractivity contribution >= 4 is 5.97 Å². The minimum Gasteiger partial charge on any atom is -0.420 e. The third-order valence-corrected chi connectivity index (χ3v) is 2.58. The van der Waals surface area contributed by atoms with E-state index < -0.39 is 40.6 Å². The number of rotatable bonds is 4. The molecule has 0 fully saturated rings. The van der Waals surface area contributed by atoms with E-state index in [0.29, 0.717) is 6.42 Å². The summed E-state index contributed by atoms with van der Waals surface area (Å²) in [4.78, 5) is 11.4. The normalized spacial score (nSPS) is 10.9. The van der Waals surface area contributed by atoms with Gasteiger partial charge in [0.2, 0.25) is 11.6 Å². The predicted molar refractivity (Wildman–Crippen MR) is 60.7 cm³/mol. The van der Waals surface area contributed by atoms with Gasteiger partial charge < -0.3 is 4.74 Å². The SMILES string of the molecule is Cc1c(F)c(F)c(F)c(OC(=O)CCC(C)C)c1F. The molecule has 0 heterocycles. The van der Waals surface area contributed by atoms with Crippen molar-refractivity contribution in [2.24, 2.45) is 5.92 Å². The van der Waals surface area contributed by atoms with E-state index in [9.17, 15) is 22.4 Å². The molecule has 0 saturated carbocycles. The maximum atomic E-state index is 13.5. The van der Waals surface area contributed by atoms with Gasteiger partial charge >= 0.3 is 5.97 Å². The highest BCUT2D eigenvalue weighted by atomic mass is 19.2. The van der Waals surface area contributed by atoms with Crippen molar-refractivity contribution < 1.29 is 27.1 Å². The molecule has 0 atom stereocenters. The summed E-state index contributed by atoms with van der Waals surface area (Å²) in [6.07, 6.45) is 0.402. The highest BCUT2D eigenvalue weighted by molar-refractivity contribution is 5.72. The number of carbonyl (C=O) groups is 1. The summed E-state index contributed by atoms with van der Waals surface area (Å²) in [5, 5.41) is 0. The lowest BCUT2D eigenvalue weighted by Crippen LogP contribution is -2.13. The number of carbonyl (C=O) groups excluding carboxylic acids is 1. The van der Waals surface area contributed by atoms with Gasteiger partial charge in [-0.15, -0.1) is 0 Å². The van der Waals surface area contributed by atoms with Gasteiger partial charge in [0.15, 0.2) is 17.5 Å². The van der Waals surface area contributed by atoms with Crippen LogP contribution in [-0.2, 0) is 4.79 Å². The molecule has 0 bridgehead atoms. The van der Waals surface area contributed by atoms with E-state index in [0.717, 1.165) is 6.92 Å². The first-order valence-corrected chi connectivity index (χ1v) is 5.78. The van der Waals surface area contributed by atoms with Crippen LogP contribution in [0.1, 0.15) is 32.3 Å². The van der Waals surface area contributed by atoms with Crippen molar-refractivity contribution in [2.75, 3.05) is 0 Å². The second-order valence-corrected chi connectivity index (χ2v) is 4.62. The summed E-state index contributed by atoms with van der Waals surface area (Å²) in [6, 6.07) is 0. The van der Waals surface area contributed by atoms with Gasteiger partial charge in [0.25, 0.3) is 0 Å².